The van der Waals surface area contributed by atoms with Crippen LogP contribution in [0, 0.1) is 27.4 Å². The molecule has 22 heavy (non-hydrogen) atoms. The van der Waals surface area contributed by atoms with Gasteiger partial charge in [-0.25, -0.2) is 4.98 Å². The fraction of sp³-hybridized carbons (Fsp3) is 0. The molecule has 0 saturated carbocycles. The molecule has 0 aliphatic heterocycles. The van der Waals surface area contributed by atoms with E-state index in [4.69, 9.17) is 5.26 Å². The minimum absolute atomic E-state index is 0.0572. The number of nitrogens with zero attached hydrogens (tertiary/aromatic N) is 3. The third-order valence-corrected chi connectivity index (χ3v) is 2.77. The van der Waals surface area contributed by atoms with Crippen LogP contribution < -0.4 is 0 Å². The molecule has 0 spiro atoms. The second-order valence-electron chi connectivity index (χ2n) is 4.18. The molecular weight excluding hydrogens is 293 g/mol. The first-order valence-electron chi connectivity index (χ1n) is 5.87. The third-order valence-electron chi connectivity index (χ3n) is 2.77. The lowest BCUT2D eigenvalue weighted by Crippen LogP contribution is -1.92. The molecule has 2 rings (SSSR count). The molecule has 0 aliphatic carbocycles. The summed E-state index contributed by atoms with van der Waals surface area (Å²) >= 11 is 0. The first-order valence-corrected chi connectivity index (χ1v) is 5.87. The Hall–Kier alpha value is -3.47. The summed E-state index contributed by atoms with van der Waals surface area (Å²) in [5, 5.41) is 38.8. The van der Waals surface area contributed by atoms with Crippen molar-refractivity contribution in [3.8, 4) is 17.6 Å². The van der Waals surface area contributed by atoms with Gasteiger partial charge in [-0.2, -0.15) is 9.65 Å². The molecule has 0 fully saturated rings. The van der Waals surface area contributed by atoms with Crippen molar-refractivity contribution in [1.29, 1.82) is 5.26 Å². The van der Waals surface area contributed by atoms with E-state index in [1.807, 2.05) is 0 Å². The molecule has 0 bridgehead atoms. The van der Waals surface area contributed by atoms with Gasteiger partial charge in [0.1, 0.15) is 0 Å². The van der Waals surface area contributed by atoms with Gasteiger partial charge in [0, 0.05) is 17.8 Å². The molecule has 1 aromatic carbocycles. The highest BCUT2D eigenvalue weighted by Crippen LogP contribution is 2.37. The number of nitriles is 1. The van der Waals surface area contributed by atoms with E-state index >= 15 is 0 Å². The van der Waals surface area contributed by atoms with Crippen molar-refractivity contribution < 1.29 is 19.5 Å². The molecule has 0 amide bonds. The van der Waals surface area contributed by atoms with E-state index in [9.17, 15) is 24.7 Å². The first kappa shape index (κ1) is 14.9. The number of hydrogen-bond acceptors (Lipinski definition) is 6. The predicted molar refractivity (Wildman–Crippen MR) is 74.1 cm³/mol. The van der Waals surface area contributed by atoms with Crippen molar-refractivity contribution in [2.45, 2.75) is 0 Å². The molecule has 0 saturated heterocycles. The van der Waals surface area contributed by atoms with Crippen molar-refractivity contribution in [2.24, 2.45) is 0 Å². The van der Waals surface area contributed by atoms with Crippen LogP contribution in [-0.4, -0.2) is 20.1 Å². The maximum absolute atomic E-state index is 13.6. The van der Waals surface area contributed by atoms with Crippen LogP contribution in [0.3, 0.4) is 0 Å². The van der Waals surface area contributed by atoms with Gasteiger partial charge in [-0.05, 0) is 29.8 Å². The van der Waals surface area contributed by atoms with E-state index in [1.54, 1.807) is 6.07 Å². The van der Waals surface area contributed by atoms with Gasteiger partial charge in [0.05, 0.1) is 16.6 Å². The van der Waals surface area contributed by atoms with E-state index < -0.39 is 28.1 Å². The summed E-state index contributed by atoms with van der Waals surface area (Å²) in [7, 11) is 0. The largest absolute Gasteiger partial charge is 0.504 e. The zero-order chi connectivity index (χ0) is 16.3. The minimum Gasteiger partial charge on any atom is -0.504 e. The number of phenols is 2. The van der Waals surface area contributed by atoms with Crippen LogP contribution in [0.25, 0.3) is 11.6 Å². The van der Waals surface area contributed by atoms with Crippen molar-refractivity contribution in [1.82, 2.24) is 4.98 Å². The number of halogens is 1. The molecule has 0 aliphatic rings. The molecule has 7 nitrogen and oxygen atoms in total. The van der Waals surface area contributed by atoms with Crippen molar-refractivity contribution in [3.05, 3.63) is 57.7 Å². The number of phenolic OH excluding ortho intramolecular Hbond substituents is 2. The Balaban J connectivity index is 2.59. The smallest absolute Gasteiger partial charge is 0.315 e. The fourth-order valence-electron chi connectivity index (χ4n) is 1.77. The van der Waals surface area contributed by atoms with Gasteiger partial charge < -0.3 is 10.2 Å². The van der Waals surface area contributed by atoms with Gasteiger partial charge in [-0.3, -0.25) is 10.1 Å². The van der Waals surface area contributed by atoms with Gasteiger partial charge in [-0.15, -0.1) is 0 Å². The number of nitro groups is 1. The standard InChI is InChI=1S/C14H8FN3O4/c15-14-10(2-1-3-17-14)9(7-16)4-8-5-11(18(21)22)13(20)12(19)6-8/h1-6,19-20H. The van der Waals surface area contributed by atoms with Crippen LogP contribution in [0.5, 0.6) is 11.5 Å². The van der Waals surface area contributed by atoms with Crippen molar-refractivity contribution in [3.63, 3.8) is 0 Å². The highest BCUT2D eigenvalue weighted by Gasteiger charge is 2.19. The second kappa shape index (κ2) is 5.88. The highest BCUT2D eigenvalue weighted by molar-refractivity contribution is 5.90. The number of rotatable bonds is 3. The van der Waals surface area contributed by atoms with Crippen molar-refractivity contribution >= 4 is 17.3 Å². The molecule has 110 valence electrons. The summed E-state index contributed by atoms with van der Waals surface area (Å²) in [6.07, 6.45) is 2.36. The van der Waals surface area contributed by atoms with Crippen LogP contribution >= 0.6 is 0 Å². The predicted octanol–water partition coefficient (Wildman–Crippen LogP) is 2.60. The monoisotopic (exact) mass is 301 g/mol. The van der Waals surface area contributed by atoms with E-state index in [2.05, 4.69) is 4.98 Å². The molecule has 1 aromatic heterocycles. The fourth-order valence-corrected chi connectivity index (χ4v) is 1.77. The van der Waals surface area contributed by atoms with Gasteiger partial charge in [0.2, 0.25) is 11.7 Å². The average molecular weight is 301 g/mol. The second-order valence-corrected chi connectivity index (χ2v) is 4.18. The summed E-state index contributed by atoms with van der Waals surface area (Å²) in [6, 6.07) is 6.49. The summed E-state index contributed by atoms with van der Waals surface area (Å²) in [4.78, 5) is 13.3. The molecular formula is C14H8FN3O4. The number of pyridine rings is 1. The summed E-state index contributed by atoms with van der Waals surface area (Å²) in [5.74, 6) is -2.47. The molecule has 2 aromatic rings. The average Bonchev–Trinajstić information content (AvgIpc) is 2.48. The number of nitro benzene ring substituents is 1. The lowest BCUT2D eigenvalue weighted by atomic mass is 10.0. The van der Waals surface area contributed by atoms with Crippen LogP contribution in [-0.2, 0) is 0 Å². The summed E-state index contributed by atoms with van der Waals surface area (Å²) in [6.45, 7) is 0. The maximum atomic E-state index is 13.6. The van der Waals surface area contributed by atoms with E-state index in [0.29, 0.717) is 0 Å². The number of allylic oxidation sites excluding steroid dienone is 1. The molecule has 1 heterocycles. The van der Waals surface area contributed by atoms with E-state index in [1.165, 1.54) is 18.3 Å². The Labute approximate surface area is 123 Å². The number of hydrogen-bond donors (Lipinski definition) is 2. The number of benzene rings is 1. The van der Waals surface area contributed by atoms with Crippen LogP contribution in [0.1, 0.15) is 11.1 Å². The highest BCUT2D eigenvalue weighted by atomic mass is 19.1. The number of aromatic hydroxyl groups is 2. The van der Waals surface area contributed by atoms with Crippen LogP contribution in [0.4, 0.5) is 10.1 Å². The zero-order valence-corrected chi connectivity index (χ0v) is 10.9. The van der Waals surface area contributed by atoms with E-state index in [-0.39, 0.29) is 16.7 Å². The summed E-state index contributed by atoms with van der Waals surface area (Å²) in [5.41, 5.74) is -0.887. The lowest BCUT2D eigenvalue weighted by Gasteiger charge is -2.03. The molecule has 2 N–H and O–H groups in total. The van der Waals surface area contributed by atoms with Gasteiger partial charge in [0.15, 0.2) is 5.75 Å². The number of aromatic nitrogens is 1. The van der Waals surface area contributed by atoms with Crippen molar-refractivity contribution in [2.75, 3.05) is 0 Å². The lowest BCUT2D eigenvalue weighted by molar-refractivity contribution is -0.386. The Bertz CT molecular complexity index is 827. The Morgan fingerprint density at radius 1 is 1.45 bits per heavy atom. The minimum atomic E-state index is -0.886. The Kier molecular flexibility index (Phi) is 3.99. The van der Waals surface area contributed by atoms with E-state index in [0.717, 1.165) is 18.2 Å². The summed E-state index contributed by atoms with van der Waals surface area (Å²) < 4.78 is 13.6. The van der Waals surface area contributed by atoms with Crippen LogP contribution in [0.15, 0.2) is 30.5 Å². The topological polar surface area (TPSA) is 120 Å². The van der Waals surface area contributed by atoms with Gasteiger partial charge in [0.25, 0.3) is 0 Å². The Morgan fingerprint density at radius 2 is 2.18 bits per heavy atom. The Morgan fingerprint density at radius 3 is 2.77 bits per heavy atom. The SMILES string of the molecule is N#CC(=Cc1cc(O)c(O)c([N+](=O)[O-])c1)c1cccnc1F. The molecule has 0 radical (unpaired) electrons. The quantitative estimate of drug-likeness (QED) is 0.295. The van der Waals surface area contributed by atoms with Gasteiger partial charge in [-0.1, -0.05) is 0 Å². The van der Waals surface area contributed by atoms with Gasteiger partial charge >= 0.3 is 5.69 Å². The maximum Gasteiger partial charge on any atom is 0.315 e. The zero-order valence-electron chi connectivity index (χ0n) is 10.9. The molecule has 8 heteroatoms. The first-order chi connectivity index (χ1) is 10.4. The molecule has 0 unspecified atom stereocenters. The third kappa shape index (κ3) is 2.83. The van der Waals surface area contributed by atoms with Crippen LogP contribution in [0.2, 0.25) is 0 Å². The molecule has 0 atom stereocenters. The normalized spacial score (nSPS) is 11.0.